The van der Waals surface area contributed by atoms with Gasteiger partial charge in [-0.2, -0.15) is 0 Å². The minimum absolute atomic E-state index is 0.320. The zero-order valence-electron chi connectivity index (χ0n) is 11.3. The molecule has 0 N–H and O–H groups in total. The van der Waals surface area contributed by atoms with Crippen molar-refractivity contribution in [3.8, 4) is 0 Å². The summed E-state index contributed by atoms with van der Waals surface area (Å²) in [5, 5.41) is 1.35. The smallest absolute Gasteiger partial charge is 0.192 e. The Morgan fingerprint density at radius 1 is 1.19 bits per heavy atom. The Kier molecular flexibility index (Phi) is 4.84. The summed E-state index contributed by atoms with van der Waals surface area (Å²) < 4.78 is 6.27. The van der Waals surface area contributed by atoms with Gasteiger partial charge in [0, 0.05) is 5.33 Å². The van der Waals surface area contributed by atoms with Gasteiger partial charge in [0.2, 0.25) is 0 Å². The maximum Gasteiger partial charge on any atom is 0.192 e. The van der Waals surface area contributed by atoms with Gasteiger partial charge < -0.3 is 4.43 Å². The Morgan fingerprint density at radius 3 is 2.25 bits per heavy atom. The first-order valence-electron chi connectivity index (χ1n) is 6.17. The fourth-order valence-electron chi connectivity index (χ4n) is 1.69. The summed E-state index contributed by atoms with van der Waals surface area (Å²) in [4.78, 5) is 0. The van der Waals surface area contributed by atoms with E-state index in [0.717, 1.165) is 11.9 Å². The average Bonchev–Trinajstić information content (AvgIpc) is 2.60. The maximum absolute atomic E-state index is 6.27. The van der Waals surface area contributed by atoms with Crippen LogP contribution in [0.25, 0.3) is 0 Å². The van der Waals surface area contributed by atoms with Crippen molar-refractivity contribution in [3.05, 3.63) is 11.1 Å². The van der Waals surface area contributed by atoms with Crippen LogP contribution in [0.4, 0.5) is 0 Å². The van der Waals surface area contributed by atoms with Crippen molar-refractivity contribution in [2.75, 3.05) is 11.9 Å². The summed E-state index contributed by atoms with van der Waals surface area (Å²) in [7, 11) is -1.56. The first kappa shape index (κ1) is 14.5. The third-order valence-electron chi connectivity index (χ3n) is 4.03. The third kappa shape index (κ3) is 3.44. The van der Waals surface area contributed by atoms with Crippen LogP contribution in [0.3, 0.4) is 0 Å². The topological polar surface area (TPSA) is 9.23 Å². The maximum atomic E-state index is 6.27. The molecule has 1 nitrogen and oxygen atoms in total. The number of hydrogen-bond donors (Lipinski definition) is 0. The molecule has 0 aromatic carbocycles. The summed E-state index contributed by atoms with van der Waals surface area (Å²) in [6, 6.07) is 0. The lowest BCUT2D eigenvalue weighted by molar-refractivity contribution is 0.315. The molecule has 1 aliphatic carbocycles. The van der Waals surface area contributed by atoms with Gasteiger partial charge in [-0.15, -0.1) is 0 Å². The average molecular weight is 305 g/mol. The van der Waals surface area contributed by atoms with Crippen molar-refractivity contribution in [1.82, 2.24) is 0 Å². The Bertz CT molecular complexity index is 276. The predicted molar refractivity (Wildman–Crippen MR) is 77.8 cm³/mol. The van der Waals surface area contributed by atoms with Crippen LogP contribution in [0.2, 0.25) is 18.1 Å². The molecule has 0 aromatic rings. The molecule has 0 atom stereocenters. The van der Waals surface area contributed by atoms with Gasteiger partial charge >= 0.3 is 0 Å². The van der Waals surface area contributed by atoms with Crippen molar-refractivity contribution < 1.29 is 4.43 Å². The van der Waals surface area contributed by atoms with Crippen molar-refractivity contribution in [3.63, 3.8) is 0 Å². The molecular formula is C13H25BrOSi. The zero-order chi connectivity index (χ0) is 12.4. The summed E-state index contributed by atoms with van der Waals surface area (Å²) in [6.45, 7) is 12.4. The summed E-state index contributed by atoms with van der Waals surface area (Å²) in [6.07, 6.45) is 3.83. The fraction of sp³-hybridized carbons (Fsp3) is 0.846. The van der Waals surface area contributed by atoms with Crippen LogP contribution in [-0.4, -0.2) is 20.3 Å². The monoisotopic (exact) mass is 304 g/mol. The fourth-order valence-corrected chi connectivity index (χ4v) is 3.33. The van der Waals surface area contributed by atoms with Gasteiger partial charge in [0.1, 0.15) is 0 Å². The van der Waals surface area contributed by atoms with Crippen molar-refractivity contribution in [1.29, 1.82) is 0 Å². The number of hydrogen-bond acceptors (Lipinski definition) is 1. The van der Waals surface area contributed by atoms with Crippen molar-refractivity contribution >= 4 is 24.2 Å². The van der Waals surface area contributed by atoms with E-state index in [1.165, 1.54) is 19.3 Å². The van der Waals surface area contributed by atoms with E-state index in [-0.39, 0.29) is 0 Å². The Morgan fingerprint density at radius 2 is 1.75 bits per heavy atom. The molecule has 0 radical (unpaired) electrons. The number of alkyl halides is 1. The standard InChI is InChI=1S/C13H25BrOSi/c1-13(2,3)16(4,5)15-10-12-8-6-7-11(12)9-14/h6-10H2,1-5H3. The van der Waals surface area contributed by atoms with Gasteiger partial charge in [-0.1, -0.05) is 42.3 Å². The quantitative estimate of drug-likeness (QED) is 0.408. The van der Waals surface area contributed by atoms with Gasteiger partial charge in [0.25, 0.3) is 0 Å². The van der Waals surface area contributed by atoms with Gasteiger partial charge in [-0.05, 0) is 43.0 Å². The van der Waals surface area contributed by atoms with E-state index in [4.69, 9.17) is 4.43 Å². The SMILES string of the molecule is CC(C)(C)[Si](C)(C)OCC1=C(CBr)CCC1. The highest BCUT2D eigenvalue weighted by Crippen LogP contribution is 2.37. The van der Waals surface area contributed by atoms with E-state index in [1.807, 2.05) is 0 Å². The first-order valence-corrected chi connectivity index (χ1v) is 10.2. The van der Waals surface area contributed by atoms with E-state index >= 15 is 0 Å². The van der Waals surface area contributed by atoms with E-state index in [0.29, 0.717) is 5.04 Å². The molecule has 0 saturated carbocycles. The molecule has 3 heteroatoms. The number of halogens is 1. The van der Waals surface area contributed by atoms with Gasteiger partial charge in [-0.25, -0.2) is 0 Å². The summed E-state index contributed by atoms with van der Waals surface area (Å²) in [5.74, 6) is 0. The zero-order valence-corrected chi connectivity index (χ0v) is 13.9. The minimum atomic E-state index is -1.56. The Labute approximate surface area is 110 Å². The molecule has 1 aliphatic rings. The minimum Gasteiger partial charge on any atom is -0.413 e. The highest BCUT2D eigenvalue weighted by atomic mass is 79.9. The van der Waals surface area contributed by atoms with Crippen LogP contribution in [0.15, 0.2) is 11.1 Å². The molecule has 0 heterocycles. The van der Waals surface area contributed by atoms with Crippen molar-refractivity contribution in [2.24, 2.45) is 0 Å². The lowest BCUT2D eigenvalue weighted by Crippen LogP contribution is -2.41. The van der Waals surface area contributed by atoms with E-state index < -0.39 is 8.32 Å². The second-order valence-corrected chi connectivity index (χ2v) is 11.6. The highest BCUT2D eigenvalue weighted by Gasteiger charge is 2.37. The predicted octanol–water partition coefficient (Wildman–Crippen LogP) is 4.88. The summed E-state index contributed by atoms with van der Waals surface area (Å²) >= 11 is 3.57. The lowest BCUT2D eigenvalue weighted by Gasteiger charge is -2.36. The highest BCUT2D eigenvalue weighted by molar-refractivity contribution is 9.09. The van der Waals surface area contributed by atoms with Crippen LogP contribution in [-0.2, 0) is 4.43 Å². The van der Waals surface area contributed by atoms with E-state index in [2.05, 4.69) is 49.8 Å². The number of allylic oxidation sites excluding steroid dienone is 1. The van der Waals surface area contributed by atoms with Crippen molar-refractivity contribution in [2.45, 2.75) is 58.2 Å². The molecular weight excluding hydrogens is 280 g/mol. The van der Waals surface area contributed by atoms with Crippen LogP contribution in [0.1, 0.15) is 40.0 Å². The second kappa shape index (κ2) is 5.36. The van der Waals surface area contributed by atoms with Gasteiger partial charge in [0.05, 0.1) is 6.61 Å². The van der Waals surface area contributed by atoms with E-state index in [9.17, 15) is 0 Å². The molecule has 0 fully saturated rings. The molecule has 0 bridgehead atoms. The molecule has 0 aromatic heterocycles. The van der Waals surface area contributed by atoms with E-state index in [1.54, 1.807) is 11.1 Å². The largest absolute Gasteiger partial charge is 0.413 e. The third-order valence-corrected chi connectivity index (χ3v) is 9.19. The molecule has 0 unspecified atom stereocenters. The second-order valence-electron chi connectivity index (χ2n) is 6.24. The molecule has 94 valence electrons. The molecule has 0 spiro atoms. The molecule has 1 rings (SSSR count). The van der Waals surface area contributed by atoms with Crippen LogP contribution < -0.4 is 0 Å². The molecule has 0 saturated heterocycles. The number of rotatable bonds is 4. The van der Waals surface area contributed by atoms with Gasteiger partial charge in [0.15, 0.2) is 8.32 Å². The molecule has 0 aliphatic heterocycles. The normalized spacial score (nSPS) is 18.4. The summed E-state index contributed by atoms with van der Waals surface area (Å²) in [5.41, 5.74) is 3.14. The van der Waals surface area contributed by atoms with Gasteiger partial charge in [-0.3, -0.25) is 0 Å². The van der Waals surface area contributed by atoms with Crippen LogP contribution in [0, 0.1) is 0 Å². The molecule has 0 amide bonds. The lowest BCUT2D eigenvalue weighted by atomic mass is 10.2. The Balaban J connectivity index is 2.58. The first-order chi connectivity index (χ1) is 7.28. The van der Waals surface area contributed by atoms with Crippen LogP contribution >= 0.6 is 15.9 Å². The van der Waals surface area contributed by atoms with Crippen LogP contribution in [0.5, 0.6) is 0 Å². The Hall–Kier alpha value is 0.397. The molecule has 16 heavy (non-hydrogen) atoms.